The van der Waals surface area contributed by atoms with Crippen molar-refractivity contribution in [1.29, 1.82) is 0 Å². The molecule has 0 unspecified atom stereocenters. The molecule has 0 bridgehead atoms. The third kappa shape index (κ3) is 8.09. The fourth-order valence-electron chi connectivity index (χ4n) is 7.74. The van der Waals surface area contributed by atoms with Crippen molar-refractivity contribution >= 4 is 33.5 Å². The fourth-order valence-corrected chi connectivity index (χ4v) is 9.28. The monoisotopic (exact) mass is 745 g/mol. The quantitative estimate of drug-likeness (QED) is 0.145. The molecule has 2 amide bonds. The zero-order valence-corrected chi connectivity index (χ0v) is 33.2. The summed E-state index contributed by atoms with van der Waals surface area (Å²) in [5.41, 5.74) is 2.78. The average Bonchev–Trinajstić information content (AvgIpc) is 3.61. The molecule has 3 aliphatic rings. The SMILES string of the molecule is CCCCC1=NC2(CCCC2)C(=O)N1Cc1ccc(-c2ccccc2S(=O)(=O)N(COC)c2noc(C)c2C2CC2)c(CN(C)C(=O)CC(C)(C)C)c1. The van der Waals surface area contributed by atoms with Crippen LogP contribution in [0, 0.1) is 12.3 Å². The number of amidine groups is 1. The van der Waals surface area contributed by atoms with Crippen molar-refractivity contribution in [3.63, 3.8) is 0 Å². The summed E-state index contributed by atoms with van der Waals surface area (Å²) < 4.78 is 41.7. The van der Waals surface area contributed by atoms with E-state index < -0.39 is 15.6 Å². The van der Waals surface area contributed by atoms with Crippen molar-refractivity contribution in [3.05, 3.63) is 64.9 Å². The summed E-state index contributed by atoms with van der Waals surface area (Å²) in [7, 11) is -0.987. The maximum atomic E-state index is 14.7. The Morgan fingerprint density at radius 2 is 1.81 bits per heavy atom. The van der Waals surface area contributed by atoms with Gasteiger partial charge >= 0.3 is 0 Å². The first-order valence-corrected chi connectivity index (χ1v) is 20.5. The van der Waals surface area contributed by atoms with E-state index in [-0.39, 0.29) is 47.1 Å². The number of unbranched alkanes of at least 4 members (excludes halogenated alkanes) is 1. The van der Waals surface area contributed by atoms with Crippen molar-refractivity contribution < 1.29 is 27.3 Å². The van der Waals surface area contributed by atoms with E-state index in [4.69, 9.17) is 14.3 Å². The minimum atomic E-state index is -4.22. The Hall–Kier alpha value is -4.03. The second-order valence-electron chi connectivity index (χ2n) is 16.3. The van der Waals surface area contributed by atoms with Gasteiger partial charge in [-0.05, 0) is 73.1 Å². The Morgan fingerprint density at radius 1 is 1.09 bits per heavy atom. The van der Waals surface area contributed by atoms with E-state index in [1.165, 1.54) is 11.4 Å². The first-order chi connectivity index (χ1) is 25.2. The predicted octanol–water partition coefficient (Wildman–Crippen LogP) is 7.96. The highest BCUT2D eigenvalue weighted by molar-refractivity contribution is 7.93. The molecule has 2 aromatic carbocycles. The number of aromatic nitrogens is 1. The van der Waals surface area contributed by atoms with Gasteiger partial charge in [0.25, 0.3) is 15.9 Å². The molecule has 0 atom stereocenters. The van der Waals surface area contributed by atoms with Gasteiger partial charge in [0.2, 0.25) is 5.91 Å². The molecule has 1 spiro atoms. The van der Waals surface area contributed by atoms with Gasteiger partial charge in [-0.15, -0.1) is 0 Å². The molecule has 3 aromatic rings. The van der Waals surface area contributed by atoms with E-state index in [1.54, 1.807) is 30.1 Å². The standard InChI is InChI=1S/C41H55N5O6S/c1-8-9-16-35-42-41(21-12-13-22-41)39(48)45(35)25-29-17-20-32(31(23-29)26-44(6)36(47)24-40(3,4)5)33-14-10-11-15-34(33)53(49,50)46(27-51-7)38-37(30-18-19-30)28(2)52-43-38/h10-11,14-15,17,20,23,30H,8-9,12-13,16,18-19,21-22,24-27H2,1-7H3. The third-order valence-corrected chi connectivity index (χ3v) is 12.4. The van der Waals surface area contributed by atoms with Crippen molar-refractivity contribution in [3.8, 4) is 11.1 Å². The third-order valence-electron chi connectivity index (χ3n) is 10.6. The van der Waals surface area contributed by atoms with Crippen molar-refractivity contribution in [2.45, 2.75) is 128 Å². The number of methoxy groups -OCH3 is 1. The molecule has 53 heavy (non-hydrogen) atoms. The molecule has 0 radical (unpaired) electrons. The molecular formula is C41H55N5O6S. The van der Waals surface area contributed by atoms with E-state index in [0.717, 1.165) is 80.3 Å². The summed E-state index contributed by atoms with van der Waals surface area (Å²) in [5.74, 6) is 1.96. The van der Waals surface area contributed by atoms with Gasteiger partial charge in [-0.25, -0.2) is 12.7 Å². The molecule has 1 aromatic heterocycles. The number of anilines is 1. The smallest absolute Gasteiger partial charge is 0.268 e. The van der Waals surface area contributed by atoms with Crippen LogP contribution in [0.15, 0.2) is 56.9 Å². The first kappa shape index (κ1) is 38.7. The first-order valence-electron chi connectivity index (χ1n) is 19.0. The molecular weight excluding hydrogens is 691 g/mol. The molecule has 1 aliphatic heterocycles. The molecule has 2 fully saturated rings. The minimum absolute atomic E-state index is 0.0121. The van der Waals surface area contributed by atoms with E-state index in [1.807, 2.05) is 56.9 Å². The number of carbonyl (C=O) groups is 2. The molecule has 6 rings (SSSR count). The van der Waals surface area contributed by atoms with Gasteiger partial charge in [0.15, 0.2) is 5.82 Å². The number of sulfonamides is 1. The lowest BCUT2D eigenvalue weighted by Gasteiger charge is -2.27. The second-order valence-corrected chi connectivity index (χ2v) is 18.1. The highest BCUT2D eigenvalue weighted by atomic mass is 32.2. The Kier molecular flexibility index (Phi) is 11.2. The van der Waals surface area contributed by atoms with Gasteiger partial charge in [0.1, 0.15) is 23.9 Å². The number of carbonyl (C=O) groups excluding carboxylic acids is 2. The van der Waals surface area contributed by atoms with Crippen LogP contribution in [0.25, 0.3) is 11.1 Å². The lowest BCUT2D eigenvalue weighted by molar-refractivity contribution is -0.132. The molecule has 12 heteroatoms. The van der Waals surface area contributed by atoms with Crippen LogP contribution in [0.1, 0.15) is 120 Å². The Bertz CT molecular complexity index is 1970. The Balaban J connectivity index is 1.41. The molecule has 286 valence electrons. The van der Waals surface area contributed by atoms with Gasteiger partial charge in [0.05, 0.1) is 11.4 Å². The van der Waals surface area contributed by atoms with Crippen LogP contribution in [-0.2, 0) is 37.4 Å². The molecule has 2 aliphatic carbocycles. The maximum absolute atomic E-state index is 14.7. The van der Waals surface area contributed by atoms with Gasteiger partial charge in [-0.2, -0.15) is 0 Å². The van der Waals surface area contributed by atoms with E-state index in [2.05, 4.69) is 12.1 Å². The summed E-state index contributed by atoms with van der Waals surface area (Å²) >= 11 is 0. The number of amides is 2. The van der Waals surface area contributed by atoms with Gasteiger partial charge in [0, 0.05) is 44.7 Å². The second kappa shape index (κ2) is 15.4. The summed E-state index contributed by atoms with van der Waals surface area (Å²) in [6.45, 7) is 10.4. The van der Waals surface area contributed by atoms with Crippen LogP contribution in [0.3, 0.4) is 0 Å². The highest BCUT2D eigenvalue weighted by Crippen LogP contribution is 2.47. The van der Waals surface area contributed by atoms with Crippen LogP contribution in [0.2, 0.25) is 0 Å². The van der Waals surface area contributed by atoms with Crippen molar-refractivity contribution in [1.82, 2.24) is 15.0 Å². The van der Waals surface area contributed by atoms with E-state index >= 15 is 0 Å². The normalized spacial score (nSPS) is 17.2. The van der Waals surface area contributed by atoms with E-state index in [9.17, 15) is 18.0 Å². The van der Waals surface area contributed by atoms with Gasteiger partial charge in [-0.1, -0.05) is 88.5 Å². The van der Waals surface area contributed by atoms with Gasteiger partial charge in [-0.3, -0.25) is 19.5 Å². The number of rotatable bonds is 15. The number of aliphatic imine (C=N–C) groups is 1. The molecule has 2 heterocycles. The average molecular weight is 746 g/mol. The number of aryl methyl sites for hydroxylation is 1. The van der Waals surface area contributed by atoms with Crippen molar-refractivity contribution in [2.24, 2.45) is 10.4 Å². The van der Waals surface area contributed by atoms with Crippen LogP contribution in [-0.4, -0.2) is 67.5 Å². The number of nitrogens with zero attached hydrogens (tertiary/aromatic N) is 5. The number of ether oxygens (including phenoxy) is 1. The number of hydrogen-bond acceptors (Lipinski definition) is 8. The Labute approximate surface area is 314 Å². The topological polar surface area (TPSA) is 126 Å². The van der Waals surface area contributed by atoms with Crippen LogP contribution >= 0.6 is 0 Å². The summed E-state index contributed by atoms with van der Waals surface area (Å²) in [4.78, 5) is 36.2. The lowest BCUT2D eigenvalue weighted by Crippen LogP contribution is -2.40. The number of hydrogen-bond donors (Lipinski definition) is 0. The van der Waals surface area contributed by atoms with Crippen LogP contribution in [0.4, 0.5) is 5.82 Å². The predicted molar refractivity (Wildman–Crippen MR) is 206 cm³/mol. The lowest BCUT2D eigenvalue weighted by atomic mass is 9.91. The molecule has 0 saturated heterocycles. The summed E-state index contributed by atoms with van der Waals surface area (Å²) in [6.07, 6.45) is 8.51. The Morgan fingerprint density at radius 3 is 2.47 bits per heavy atom. The maximum Gasteiger partial charge on any atom is 0.268 e. The zero-order chi connectivity index (χ0) is 38.1. The van der Waals surface area contributed by atoms with E-state index in [0.29, 0.717) is 29.9 Å². The fraction of sp³-hybridized carbons (Fsp3) is 0.561. The summed E-state index contributed by atoms with van der Waals surface area (Å²) in [5, 5.41) is 4.22. The van der Waals surface area contributed by atoms with Crippen LogP contribution < -0.4 is 4.31 Å². The van der Waals surface area contributed by atoms with Crippen LogP contribution in [0.5, 0.6) is 0 Å². The van der Waals surface area contributed by atoms with Crippen molar-refractivity contribution in [2.75, 3.05) is 25.2 Å². The molecule has 11 nitrogen and oxygen atoms in total. The number of benzene rings is 2. The summed E-state index contributed by atoms with van der Waals surface area (Å²) in [6, 6.07) is 12.8. The largest absolute Gasteiger partial charge is 0.363 e. The minimum Gasteiger partial charge on any atom is -0.363 e. The molecule has 0 N–H and O–H groups in total. The highest BCUT2D eigenvalue weighted by Gasteiger charge is 2.49. The zero-order valence-electron chi connectivity index (χ0n) is 32.4. The molecule has 2 saturated carbocycles. The van der Waals surface area contributed by atoms with Gasteiger partial charge < -0.3 is 14.2 Å².